The van der Waals surface area contributed by atoms with Gasteiger partial charge in [0.25, 0.3) is 0 Å². The van der Waals surface area contributed by atoms with Crippen molar-refractivity contribution in [3.8, 4) is 5.75 Å². The van der Waals surface area contributed by atoms with Crippen LogP contribution in [0.15, 0.2) is 49.3 Å². The molecule has 0 aliphatic carbocycles. The van der Waals surface area contributed by atoms with Gasteiger partial charge in [-0.2, -0.15) is 15.1 Å². The zero-order chi connectivity index (χ0) is 29.0. The lowest BCUT2D eigenvalue weighted by atomic mass is 10.00. The molecule has 5 N–H and O–H groups in total. The minimum absolute atomic E-state index is 0.0300. The Morgan fingerprint density at radius 2 is 2.02 bits per heavy atom. The van der Waals surface area contributed by atoms with Gasteiger partial charge < -0.3 is 30.2 Å². The maximum absolute atomic E-state index is 13.8. The molecule has 40 heavy (non-hydrogen) atoms. The molecule has 3 heterocycles. The van der Waals surface area contributed by atoms with Gasteiger partial charge in [-0.15, -0.1) is 6.58 Å². The first-order valence-corrected chi connectivity index (χ1v) is 14.2. The predicted molar refractivity (Wildman–Crippen MR) is 147 cm³/mol. The van der Waals surface area contributed by atoms with Gasteiger partial charge in [0.1, 0.15) is 24.1 Å². The summed E-state index contributed by atoms with van der Waals surface area (Å²) in [6.07, 6.45) is -0.160. The summed E-state index contributed by atoms with van der Waals surface area (Å²) in [6, 6.07) is 7.33. The first kappa shape index (κ1) is 29.4. The van der Waals surface area contributed by atoms with Crippen LogP contribution in [-0.4, -0.2) is 68.6 Å². The fraction of sp³-hybridized carbons (Fsp3) is 0.440. The molecular weight excluding hydrogens is 541 g/mol. The number of hydrogen-bond acceptors (Lipinski definition) is 12. The SMILES string of the molecule is C=C[C@H]1[C@H](O)[C@@H](COP(=O)(N[C@@H](C)C(=O)OC(C)C)Oc2ccccc2)O[C@H]1n1cnc2c(NC)nc(N)nc21. The van der Waals surface area contributed by atoms with Crippen LogP contribution in [0.25, 0.3) is 11.2 Å². The second kappa shape index (κ2) is 12.3. The van der Waals surface area contributed by atoms with Crippen molar-refractivity contribution in [2.45, 2.75) is 51.4 Å². The summed E-state index contributed by atoms with van der Waals surface area (Å²) in [7, 11) is -2.49. The van der Waals surface area contributed by atoms with Gasteiger partial charge in [0.15, 0.2) is 17.0 Å². The van der Waals surface area contributed by atoms with Crippen LogP contribution in [0.5, 0.6) is 5.75 Å². The zero-order valence-electron chi connectivity index (χ0n) is 22.6. The molecule has 0 amide bonds. The Morgan fingerprint density at radius 3 is 2.67 bits per heavy atom. The summed E-state index contributed by atoms with van der Waals surface area (Å²) in [5.74, 6) is -0.524. The number of imidazole rings is 1. The average Bonchev–Trinajstić information content (AvgIpc) is 3.47. The summed E-state index contributed by atoms with van der Waals surface area (Å²) in [5.41, 5.74) is 6.73. The van der Waals surface area contributed by atoms with Crippen molar-refractivity contribution in [3.63, 3.8) is 0 Å². The van der Waals surface area contributed by atoms with Gasteiger partial charge in [-0.3, -0.25) is 13.9 Å². The van der Waals surface area contributed by atoms with Crippen LogP contribution in [-0.2, 0) is 23.4 Å². The number of benzene rings is 1. The number of nitrogen functional groups attached to an aromatic ring is 1. The van der Waals surface area contributed by atoms with Crippen molar-refractivity contribution in [2.75, 3.05) is 24.7 Å². The molecular formula is C25H34N7O7P. The molecule has 1 unspecified atom stereocenters. The Bertz CT molecular complexity index is 1390. The van der Waals surface area contributed by atoms with E-state index in [0.717, 1.165) is 0 Å². The molecule has 1 aliphatic heterocycles. The highest BCUT2D eigenvalue weighted by Crippen LogP contribution is 2.46. The van der Waals surface area contributed by atoms with E-state index in [1.807, 2.05) is 0 Å². The first-order chi connectivity index (χ1) is 19.0. The Morgan fingerprint density at radius 1 is 1.30 bits per heavy atom. The van der Waals surface area contributed by atoms with Crippen molar-refractivity contribution in [1.29, 1.82) is 0 Å². The van der Waals surface area contributed by atoms with E-state index in [9.17, 15) is 14.5 Å². The summed E-state index contributed by atoms with van der Waals surface area (Å²) in [6.45, 7) is 8.38. The number of anilines is 2. The summed E-state index contributed by atoms with van der Waals surface area (Å²) < 4.78 is 38.2. The topological polar surface area (TPSA) is 185 Å². The Labute approximate surface area is 231 Å². The number of aliphatic hydroxyl groups is 1. The fourth-order valence-electron chi connectivity index (χ4n) is 4.21. The van der Waals surface area contributed by atoms with Gasteiger partial charge in [-0.1, -0.05) is 24.3 Å². The minimum atomic E-state index is -4.17. The second-order valence-corrected chi connectivity index (χ2v) is 11.1. The summed E-state index contributed by atoms with van der Waals surface area (Å²) >= 11 is 0. The largest absolute Gasteiger partial charge is 0.462 e. The molecule has 1 fully saturated rings. The van der Waals surface area contributed by atoms with Crippen LogP contribution in [0.4, 0.5) is 11.8 Å². The maximum atomic E-state index is 13.8. The highest BCUT2D eigenvalue weighted by Gasteiger charge is 2.45. The first-order valence-electron chi connectivity index (χ1n) is 12.7. The number of hydrogen-bond donors (Lipinski definition) is 4. The number of nitrogens with zero attached hydrogens (tertiary/aromatic N) is 4. The molecule has 2 aromatic heterocycles. The lowest BCUT2D eigenvalue weighted by Crippen LogP contribution is -2.37. The zero-order valence-corrected chi connectivity index (χ0v) is 23.5. The molecule has 0 bridgehead atoms. The number of carbonyl (C=O) groups excluding carboxylic acids is 1. The van der Waals surface area contributed by atoms with Gasteiger partial charge in [-0.05, 0) is 32.9 Å². The van der Waals surface area contributed by atoms with Crippen molar-refractivity contribution in [3.05, 3.63) is 49.3 Å². The Balaban J connectivity index is 1.55. The molecule has 216 valence electrons. The van der Waals surface area contributed by atoms with Crippen LogP contribution in [0.1, 0.15) is 27.0 Å². The molecule has 0 spiro atoms. The van der Waals surface area contributed by atoms with Gasteiger partial charge in [0.2, 0.25) is 5.95 Å². The minimum Gasteiger partial charge on any atom is -0.462 e. The van der Waals surface area contributed by atoms with Gasteiger partial charge in [0.05, 0.1) is 31.1 Å². The van der Waals surface area contributed by atoms with Gasteiger partial charge in [-0.25, -0.2) is 9.55 Å². The van der Waals surface area contributed by atoms with E-state index >= 15 is 0 Å². The smallest absolute Gasteiger partial charge is 0.459 e. The molecule has 0 saturated carbocycles. The fourth-order valence-corrected chi connectivity index (χ4v) is 5.71. The molecule has 15 heteroatoms. The van der Waals surface area contributed by atoms with E-state index < -0.39 is 44.1 Å². The molecule has 1 aromatic carbocycles. The molecule has 14 nitrogen and oxygen atoms in total. The van der Waals surface area contributed by atoms with Crippen molar-refractivity contribution >= 4 is 36.6 Å². The van der Waals surface area contributed by atoms with E-state index in [0.29, 0.717) is 17.0 Å². The van der Waals surface area contributed by atoms with Crippen LogP contribution in [0.3, 0.4) is 0 Å². The number of aromatic nitrogens is 4. The normalized spacial score (nSPS) is 23.1. The van der Waals surface area contributed by atoms with E-state index in [1.165, 1.54) is 13.3 Å². The monoisotopic (exact) mass is 575 g/mol. The number of rotatable bonds is 12. The number of ether oxygens (including phenoxy) is 2. The third-order valence-electron chi connectivity index (χ3n) is 6.08. The van der Waals surface area contributed by atoms with E-state index in [-0.39, 0.29) is 24.4 Å². The van der Waals surface area contributed by atoms with E-state index in [4.69, 9.17) is 24.3 Å². The van der Waals surface area contributed by atoms with Crippen LogP contribution < -0.4 is 20.7 Å². The quantitative estimate of drug-likeness (QED) is 0.140. The molecule has 1 aliphatic rings. The molecule has 6 atom stereocenters. The number of esters is 1. The number of para-hydroxylation sites is 1. The lowest BCUT2D eigenvalue weighted by Gasteiger charge is -2.25. The van der Waals surface area contributed by atoms with Gasteiger partial charge >= 0.3 is 13.7 Å². The maximum Gasteiger partial charge on any atom is 0.459 e. The van der Waals surface area contributed by atoms with Crippen molar-refractivity contribution in [2.24, 2.45) is 5.92 Å². The Kier molecular flexibility index (Phi) is 9.06. The van der Waals surface area contributed by atoms with E-state index in [1.54, 1.807) is 61.9 Å². The van der Waals surface area contributed by atoms with Crippen LogP contribution in [0.2, 0.25) is 0 Å². The second-order valence-electron chi connectivity index (χ2n) is 9.41. The van der Waals surface area contributed by atoms with Gasteiger partial charge in [0, 0.05) is 7.05 Å². The van der Waals surface area contributed by atoms with Crippen LogP contribution >= 0.6 is 7.75 Å². The predicted octanol–water partition coefficient (Wildman–Crippen LogP) is 2.64. The van der Waals surface area contributed by atoms with Crippen molar-refractivity contribution < 1.29 is 33.0 Å². The summed E-state index contributed by atoms with van der Waals surface area (Å²) in [5, 5.41) is 16.6. The highest BCUT2D eigenvalue weighted by molar-refractivity contribution is 7.52. The van der Waals surface area contributed by atoms with Crippen molar-refractivity contribution in [1.82, 2.24) is 24.6 Å². The molecule has 1 saturated heterocycles. The molecule has 4 rings (SSSR count). The summed E-state index contributed by atoms with van der Waals surface area (Å²) in [4.78, 5) is 25.2. The number of fused-ring (bicyclic) bond motifs is 1. The average molecular weight is 576 g/mol. The number of aliphatic hydroxyl groups excluding tert-OH is 1. The van der Waals surface area contributed by atoms with Crippen LogP contribution in [0, 0.1) is 5.92 Å². The van der Waals surface area contributed by atoms with E-state index in [2.05, 4.69) is 31.9 Å². The lowest BCUT2D eigenvalue weighted by molar-refractivity contribution is -0.149. The molecule has 3 aromatic rings. The number of nitrogens with one attached hydrogen (secondary N) is 2. The Hall–Kier alpha value is -3.55. The third-order valence-corrected chi connectivity index (χ3v) is 7.72. The molecule has 0 radical (unpaired) electrons. The standard InChI is InChI=1S/C25H34N7O7P/c1-6-17-20(33)18(38-23(17)32-13-28-19-21(27-5)29-25(26)30-22(19)32)12-36-40(35,39-16-10-8-7-9-11-16)31-15(4)24(34)37-14(2)3/h6-11,13-15,17-18,20,23,33H,1,12H2,2-5H3,(H,31,35)(H3,26,27,29,30)/t15-,17-,18+,20-,23+,40?/m0/s1. The number of carbonyl (C=O) groups is 1. The third kappa shape index (κ3) is 6.43. The number of nitrogens with two attached hydrogens (primary N) is 1. The highest BCUT2D eigenvalue weighted by atomic mass is 31.2.